The van der Waals surface area contributed by atoms with E-state index in [1.165, 1.54) is 34.2 Å². The van der Waals surface area contributed by atoms with Crippen LogP contribution in [0.3, 0.4) is 0 Å². The maximum absolute atomic E-state index is 12.6. The second-order valence-electron chi connectivity index (χ2n) is 6.80. The maximum Gasteiger partial charge on any atom is 0.237 e. The van der Waals surface area contributed by atoms with Crippen LogP contribution in [0.5, 0.6) is 0 Å². The number of nitrogens with one attached hydrogen (secondary N) is 1. The molecule has 0 fully saturated rings. The predicted octanol–water partition coefficient (Wildman–Crippen LogP) is 4.08. The molecular weight excluding hydrogens is 376 g/mol. The Morgan fingerprint density at radius 1 is 1.30 bits per heavy atom. The van der Waals surface area contributed by atoms with E-state index >= 15 is 0 Å². The molecule has 27 heavy (non-hydrogen) atoms. The largest absolute Gasteiger partial charge is 0.325 e. The van der Waals surface area contributed by atoms with Gasteiger partial charge in [0, 0.05) is 24.0 Å². The highest BCUT2D eigenvalue weighted by Crippen LogP contribution is 2.27. The van der Waals surface area contributed by atoms with Gasteiger partial charge in [0.05, 0.1) is 5.25 Å². The van der Waals surface area contributed by atoms with Crippen LogP contribution in [-0.4, -0.2) is 25.9 Å². The van der Waals surface area contributed by atoms with Crippen molar-refractivity contribution in [3.05, 3.63) is 57.5 Å². The summed E-state index contributed by atoms with van der Waals surface area (Å²) < 4.78 is 1.98. The molecule has 1 aromatic carbocycles. The maximum atomic E-state index is 12.6. The fraction of sp³-hybridized carbons (Fsp3) is 0.350. The number of benzene rings is 1. The molecule has 7 heteroatoms. The number of thiophene rings is 1. The molecule has 1 aliphatic carbocycles. The number of carbonyl (C=O) groups is 1. The van der Waals surface area contributed by atoms with Gasteiger partial charge in [0.2, 0.25) is 5.91 Å². The number of anilines is 1. The summed E-state index contributed by atoms with van der Waals surface area (Å²) in [5, 5.41) is 14.2. The number of hydrogen-bond donors (Lipinski definition) is 1. The van der Waals surface area contributed by atoms with Crippen molar-refractivity contribution in [3.8, 4) is 0 Å². The zero-order valence-electron chi connectivity index (χ0n) is 15.4. The van der Waals surface area contributed by atoms with Gasteiger partial charge in [0.15, 0.2) is 5.16 Å². The minimum absolute atomic E-state index is 0.0132. The van der Waals surface area contributed by atoms with E-state index in [0.29, 0.717) is 0 Å². The van der Waals surface area contributed by atoms with Crippen LogP contribution in [0.25, 0.3) is 0 Å². The van der Waals surface area contributed by atoms with Crippen LogP contribution in [-0.2, 0) is 31.1 Å². The van der Waals surface area contributed by atoms with Gasteiger partial charge in [-0.1, -0.05) is 23.9 Å². The smallest absolute Gasteiger partial charge is 0.237 e. The number of fused-ring (bicyclic) bond motifs is 1. The van der Waals surface area contributed by atoms with Gasteiger partial charge in [-0.3, -0.25) is 4.79 Å². The third kappa shape index (κ3) is 4.09. The van der Waals surface area contributed by atoms with E-state index in [1.54, 1.807) is 11.3 Å². The van der Waals surface area contributed by atoms with Crippen molar-refractivity contribution in [3.63, 3.8) is 0 Å². The molecule has 0 saturated heterocycles. The first-order chi connectivity index (χ1) is 13.1. The summed E-state index contributed by atoms with van der Waals surface area (Å²) in [6.07, 6.45) is 4.22. The monoisotopic (exact) mass is 398 g/mol. The summed E-state index contributed by atoms with van der Waals surface area (Å²) in [7, 11) is 1.95. The number of carbonyl (C=O) groups excluding carboxylic acids is 1. The Bertz CT molecular complexity index is 949. The van der Waals surface area contributed by atoms with Gasteiger partial charge in [0.1, 0.15) is 5.82 Å². The minimum atomic E-state index is -0.254. The van der Waals surface area contributed by atoms with Gasteiger partial charge in [0.25, 0.3) is 0 Å². The van der Waals surface area contributed by atoms with E-state index in [9.17, 15) is 4.79 Å². The zero-order valence-corrected chi connectivity index (χ0v) is 17.1. The molecule has 0 spiro atoms. The first kappa shape index (κ1) is 18.3. The van der Waals surface area contributed by atoms with Gasteiger partial charge < -0.3 is 9.88 Å². The summed E-state index contributed by atoms with van der Waals surface area (Å²) >= 11 is 3.15. The van der Waals surface area contributed by atoms with Crippen LogP contribution in [0.1, 0.15) is 35.2 Å². The summed E-state index contributed by atoms with van der Waals surface area (Å²) in [6, 6.07) is 10.4. The molecule has 3 aromatic rings. The van der Waals surface area contributed by atoms with Gasteiger partial charge in [-0.25, -0.2) is 0 Å². The number of aromatic nitrogens is 3. The fourth-order valence-corrected chi connectivity index (χ4v) is 4.81. The molecule has 0 radical (unpaired) electrons. The van der Waals surface area contributed by atoms with Crippen LogP contribution in [0.2, 0.25) is 0 Å². The van der Waals surface area contributed by atoms with Crippen LogP contribution in [0.4, 0.5) is 5.69 Å². The summed E-state index contributed by atoms with van der Waals surface area (Å²) in [5.74, 6) is 0.895. The lowest BCUT2D eigenvalue weighted by molar-refractivity contribution is -0.115. The minimum Gasteiger partial charge on any atom is -0.325 e. The van der Waals surface area contributed by atoms with E-state index in [1.807, 2.05) is 30.7 Å². The molecule has 0 unspecified atom stereocenters. The van der Waals surface area contributed by atoms with Crippen LogP contribution >= 0.6 is 23.1 Å². The van der Waals surface area contributed by atoms with E-state index < -0.39 is 0 Å². The van der Waals surface area contributed by atoms with E-state index in [2.05, 4.69) is 39.1 Å². The molecule has 2 heterocycles. The van der Waals surface area contributed by atoms with Crippen molar-refractivity contribution in [2.45, 2.75) is 43.0 Å². The Morgan fingerprint density at radius 2 is 2.15 bits per heavy atom. The lowest BCUT2D eigenvalue weighted by Crippen LogP contribution is -2.23. The molecule has 5 nitrogen and oxygen atoms in total. The average molecular weight is 399 g/mol. The summed E-state index contributed by atoms with van der Waals surface area (Å²) in [4.78, 5) is 13.9. The highest BCUT2D eigenvalue weighted by Gasteiger charge is 2.20. The van der Waals surface area contributed by atoms with Crippen molar-refractivity contribution in [1.82, 2.24) is 14.8 Å². The van der Waals surface area contributed by atoms with Crippen molar-refractivity contribution in [1.29, 1.82) is 0 Å². The van der Waals surface area contributed by atoms with E-state index in [0.717, 1.165) is 35.9 Å². The molecule has 140 valence electrons. The number of amides is 1. The normalized spacial score (nSPS) is 14.1. The molecule has 0 aliphatic heterocycles. The van der Waals surface area contributed by atoms with Crippen molar-refractivity contribution in [2.24, 2.45) is 7.05 Å². The van der Waals surface area contributed by atoms with Gasteiger partial charge in [-0.15, -0.1) is 21.5 Å². The third-order valence-electron chi connectivity index (χ3n) is 4.85. The number of thioether (sulfide) groups is 1. The lowest BCUT2D eigenvalue weighted by Gasteiger charge is -2.12. The van der Waals surface area contributed by atoms with Crippen LogP contribution in [0, 0.1) is 0 Å². The molecular formula is C20H22N4OS2. The topological polar surface area (TPSA) is 59.8 Å². The van der Waals surface area contributed by atoms with Gasteiger partial charge in [-0.05, 0) is 60.9 Å². The van der Waals surface area contributed by atoms with Crippen molar-refractivity contribution in [2.75, 3.05) is 5.32 Å². The predicted molar refractivity (Wildman–Crippen MR) is 111 cm³/mol. The van der Waals surface area contributed by atoms with E-state index in [4.69, 9.17) is 0 Å². The molecule has 4 rings (SSSR count). The molecule has 0 saturated carbocycles. The molecule has 1 N–H and O–H groups in total. The average Bonchev–Trinajstić information content (AvgIpc) is 3.39. The number of hydrogen-bond acceptors (Lipinski definition) is 5. The third-order valence-corrected chi connectivity index (χ3v) is 6.87. The van der Waals surface area contributed by atoms with Gasteiger partial charge in [-0.2, -0.15) is 0 Å². The molecule has 1 atom stereocenters. The number of rotatable bonds is 6. The fourth-order valence-electron chi connectivity index (χ4n) is 3.28. The first-order valence-electron chi connectivity index (χ1n) is 9.10. The van der Waals surface area contributed by atoms with Crippen molar-refractivity contribution < 1.29 is 4.79 Å². The van der Waals surface area contributed by atoms with Crippen molar-refractivity contribution >= 4 is 34.7 Å². The van der Waals surface area contributed by atoms with Gasteiger partial charge >= 0.3 is 0 Å². The zero-order chi connectivity index (χ0) is 18.8. The summed E-state index contributed by atoms with van der Waals surface area (Å²) in [5.41, 5.74) is 3.65. The Balaban J connectivity index is 1.39. The second-order valence-corrected chi connectivity index (χ2v) is 9.14. The van der Waals surface area contributed by atoms with Crippen LogP contribution in [0.15, 0.2) is 40.9 Å². The van der Waals surface area contributed by atoms with E-state index in [-0.39, 0.29) is 11.2 Å². The van der Waals surface area contributed by atoms with Crippen LogP contribution < -0.4 is 5.32 Å². The molecule has 1 amide bonds. The quantitative estimate of drug-likeness (QED) is 0.636. The number of nitrogens with zero attached hydrogens (tertiary/aromatic N) is 3. The number of aryl methyl sites for hydroxylation is 2. The first-order valence-corrected chi connectivity index (χ1v) is 10.9. The Hall–Kier alpha value is -2.12. The Morgan fingerprint density at radius 3 is 2.96 bits per heavy atom. The Labute approximate surface area is 167 Å². The highest BCUT2D eigenvalue weighted by molar-refractivity contribution is 8.00. The lowest BCUT2D eigenvalue weighted by atomic mass is 10.1. The molecule has 2 aromatic heterocycles. The highest BCUT2D eigenvalue weighted by atomic mass is 32.2. The molecule has 1 aliphatic rings. The Kier molecular flexibility index (Phi) is 5.31. The SMILES string of the molecule is C[C@@H](Sc1nnc(Cc2cccs2)n1C)C(=O)Nc1ccc2c(c1)CCC2. The standard InChI is InChI=1S/C20H22N4OS2/c1-13(19(25)21-16-9-8-14-5-3-6-15(14)11-16)27-20-23-22-18(24(20)2)12-17-7-4-10-26-17/h4,7-11,13H,3,5-6,12H2,1-2H3,(H,21,25)/t13-/m1/s1. The molecule has 0 bridgehead atoms. The summed E-state index contributed by atoms with van der Waals surface area (Å²) in [6.45, 7) is 1.90. The second kappa shape index (κ2) is 7.86.